The molecule has 1 aliphatic rings. The summed E-state index contributed by atoms with van der Waals surface area (Å²) in [6.45, 7) is 1.56. The Morgan fingerprint density at radius 2 is 1.91 bits per heavy atom. The molecular formula is C23H18N10S. The van der Waals surface area contributed by atoms with Gasteiger partial charge in [-0.1, -0.05) is 0 Å². The third kappa shape index (κ3) is 3.05. The number of hydrogen-bond donors (Lipinski definition) is 3. The van der Waals surface area contributed by atoms with Crippen LogP contribution in [0.25, 0.3) is 56.0 Å². The van der Waals surface area contributed by atoms with Crippen molar-refractivity contribution in [2.24, 2.45) is 5.73 Å². The van der Waals surface area contributed by atoms with Gasteiger partial charge in [-0.2, -0.15) is 16.4 Å². The fourth-order valence-corrected chi connectivity index (χ4v) is 4.90. The molecule has 7 rings (SSSR count). The van der Waals surface area contributed by atoms with Gasteiger partial charge < -0.3 is 15.6 Å². The normalized spacial score (nSPS) is 14.2. The number of thiophene rings is 1. The van der Waals surface area contributed by atoms with Crippen LogP contribution in [-0.4, -0.2) is 59.2 Å². The smallest absolute Gasteiger partial charge is 0.159 e. The first-order valence-corrected chi connectivity index (χ1v) is 11.7. The highest BCUT2D eigenvalue weighted by atomic mass is 32.1. The number of nitrogens with one attached hydrogen (secondary N) is 2. The molecule has 1 saturated heterocycles. The van der Waals surface area contributed by atoms with E-state index in [0.29, 0.717) is 22.9 Å². The molecule has 10 nitrogen and oxygen atoms in total. The Morgan fingerprint density at radius 1 is 1.00 bits per heavy atom. The van der Waals surface area contributed by atoms with E-state index in [4.69, 9.17) is 15.7 Å². The monoisotopic (exact) mass is 466 g/mol. The molecule has 0 spiro atoms. The molecule has 6 aromatic heterocycles. The second-order valence-corrected chi connectivity index (χ2v) is 9.08. The second kappa shape index (κ2) is 7.40. The van der Waals surface area contributed by atoms with Gasteiger partial charge in [0.05, 0.1) is 41.5 Å². The standard InChI is InChI=1S/C23H18N10S/c24-13-9-33(10-13)20-8-26-5-18(28-20)16-3-14-17(7-27-16)31-32-22(14)23-29-19-6-25-4-15(21(19)30-23)12-1-2-34-11-12/h1-8,11,13H,9-10,24H2,(H,29,30)(H,31,32). The lowest BCUT2D eigenvalue weighted by atomic mass is 10.1. The van der Waals surface area contributed by atoms with Crippen LogP contribution in [0.15, 0.2) is 53.9 Å². The highest BCUT2D eigenvalue weighted by molar-refractivity contribution is 7.08. The van der Waals surface area contributed by atoms with Crippen LogP contribution in [0.2, 0.25) is 0 Å². The predicted octanol–water partition coefficient (Wildman–Crippen LogP) is 3.23. The molecule has 0 radical (unpaired) electrons. The van der Waals surface area contributed by atoms with E-state index in [1.165, 1.54) is 0 Å². The summed E-state index contributed by atoms with van der Waals surface area (Å²) < 4.78 is 0. The lowest BCUT2D eigenvalue weighted by Gasteiger charge is -2.37. The van der Waals surface area contributed by atoms with E-state index >= 15 is 0 Å². The molecule has 1 fully saturated rings. The zero-order chi connectivity index (χ0) is 22.6. The highest BCUT2D eigenvalue weighted by Gasteiger charge is 2.25. The van der Waals surface area contributed by atoms with Gasteiger partial charge in [0.15, 0.2) is 5.82 Å². The molecule has 1 aliphatic heterocycles. The molecule has 0 amide bonds. The molecule has 34 heavy (non-hydrogen) atoms. The maximum Gasteiger partial charge on any atom is 0.159 e. The van der Waals surface area contributed by atoms with Gasteiger partial charge in [-0.15, -0.1) is 0 Å². The molecular weight excluding hydrogens is 448 g/mol. The average molecular weight is 467 g/mol. The fourth-order valence-electron chi connectivity index (χ4n) is 4.24. The summed E-state index contributed by atoms with van der Waals surface area (Å²) in [5.74, 6) is 1.47. The molecule has 0 aromatic carbocycles. The van der Waals surface area contributed by atoms with E-state index in [1.54, 1.807) is 36.1 Å². The number of nitrogens with zero attached hydrogens (tertiary/aromatic N) is 7. The summed E-state index contributed by atoms with van der Waals surface area (Å²) >= 11 is 1.65. The number of H-pyrrole nitrogens is 2. The summed E-state index contributed by atoms with van der Waals surface area (Å²) in [4.78, 5) is 28.5. The lowest BCUT2D eigenvalue weighted by Crippen LogP contribution is -2.56. The van der Waals surface area contributed by atoms with Crippen molar-refractivity contribution in [1.82, 2.24) is 40.1 Å². The van der Waals surface area contributed by atoms with Gasteiger partial charge in [0.25, 0.3) is 0 Å². The van der Waals surface area contributed by atoms with Gasteiger partial charge >= 0.3 is 0 Å². The van der Waals surface area contributed by atoms with E-state index in [1.807, 2.05) is 17.6 Å². The molecule has 11 heteroatoms. The number of imidazole rings is 1. The van der Waals surface area contributed by atoms with E-state index in [-0.39, 0.29) is 6.04 Å². The summed E-state index contributed by atoms with van der Waals surface area (Å²) in [7, 11) is 0. The zero-order valence-corrected chi connectivity index (χ0v) is 18.6. The molecule has 4 N–H and O–H groups in total. The van der Waals surface area contributed by atoms with E-state index in [9.17, 15) is 0 Å². The number of fused-ring (bicyclic) bond motifs is 2. The molecule has 0 atom stereocenters. The minimum atomic E-state index is 0.188. The Kier molecular flexibility index (Phi) is 4.19. The Balaban J connectivity index is 1.31. The minimum absolute atomic E-state index is 0.188. The highest BCUT2D eigenvalue weighted by Crippen LogP contribution is 2.32. The second-order valence-electron chi connectivity index (χ2n) is 8.30. The van der Waals surface area contributed by atoms with Crippen molar-refractivity contribution in [2.75, 3.05) is 18.0 Å². The van der Waals surface area contributed by atoms with Crippen LogP contribution in [-0.2, 0) is 0 Å². The molecule has 7 heterocycles. The average Bonchev–Trinajstić information content (AvgIpc) is 3.60. The van der Waals surface area contributed by atoms with Crippen LogP contribution < -0.4 is 10.6 Å². The van der Waals surface area contributed by atoms with Crippen LogP contribution in [0, 0.1) is 0 Å². The number of aromatic nitrogens is 8. The predicted molar refractivity (Wildman–Crippen MR) is 131 cm³/mol. The van der Waals surface area contributed by atoms with Crippen molar-refractivity contribution in [3.8, 4) is 34.0 Å². The number of aromatic amines is 2. The van der Waals surface area contributed by atoms with Crippen molar-refractivity contribution < 1.29 is 0 Å². The van der Waals surface area contributed by atoms with Gasteiger partial charge in [-0.3, -0.25) is 20.1 Å². The summed E-state index contributed by atoms with van der Waals surface area (Å²) in [6.07, 6.45) is 8.86. The van der Waals surface area contributed by atoms with Crippen molar-refractivity contribution in [2.45, 2.75) is 6.04 Å². The Hall–Kier alpha value is -4.22. The van der Waals surface area contributed by atoms with Crippen LogP contribution in [0.1, 0.15) is 0 Å². The first kappa shape index (κ1) is 19.3. The van der Waals surface area contributed by atoms with Gasteiger partial charge in [-0.05, 0) is 28.5 Å². The van der Waals surface area contributed by atoms with Crippen LogP contribution in [0.4, 0.5) is 5.82 Å². The number of anilines is 1. The molecule has 0 bridgehead atoms. The Labute approximate surface area is 196 Å². The fraction of sp³-hybridized carbons (Fsp3) is 0.130. The number of rotatable bonds is 4. The maximum atomic E-state index is 5.92. The lowest BCUT2D eigenvalue weighted by molar-refractivity contribution is 0.514. The van der Waals surface area contributed by atoms with Crippen LogP contribution in [0.5, 0.6) is 0 Å². The Morgan fingerprint density at radius 3 is 2.76 bits per heavy atom. The van der Waals surface area contributed by atoms with Crippen molar-refractivity contribution >= 4 is 39.1 Å². The first-order valence-electron chi connectivity index (χ1n) is 10.8. The quantitative estimate of drug-likeness (QED) is 0.360. The molecule has 0 aliphatic carbocycles. The third-order valence-electron chi connectivity index (χ3n) is 6.02. The number of pyridine rings is 2. The molecule has 0 saturated carbocycles. The van der Waals surface area contributed by atoms with Crippen molar-refractivity contribution in [3.63, 3.8) is 0 Å². The van der Waals surface area contributed by atoms with Gasteiger partial charge in [0.2, 0.25) is 0 Å². The Bertz CT molecular complexity index is 1650. The number of nitrogens with two attached hydrogens (primary N) is 1. The van der Waals surface area contributed by atoms with Crippen LogP contribution >= 0.6 is 11.3 Å². The minimum Gasteiger partial charge on any atom is -0.352 e. The van der Waals surface area contributed by atoms with Gasteiger partial charge in [0.1, 0.15) is 22.7 Å². The summed E-state index contributed by atoms with van der Waals surface area (Å²) in [6, 6.07) is 4.22. The number of hydrogen-bond acceptors (Lipinski definition) is 9. The topological polar surface area (TPSA) is 138 Å². The maximum absolute atomic E-state index is 5.92. The van der Waals surface area contributed by atoms with E-state index in [2.05, 4.69) is 46.5 Å². The molecule has 6 aromatic rings. The largest absolute Gasteiger partial charge is 0.352 e. The van der Waals surface area contributed by atoms with E-state index < -0.39 is 0 Å². The third-order valence-corrected chi connectivity index (χ3v) is 6.70. The van der Waals surface area contributed by atoms with E-state index in [0.717, 1.165) is 52.0 Å². The molecule has 166 valence electrons. The molecule has 0 unspecified atom stereocenters. The van der Waals surface area contributed by atoms with Crippen molar-refractivity contribution in [3.05, 3.63) is 53.9 Å². The summed E-state index contributed by atoms with van der Waals surface area (Å²) in [5.41, 5.74) is 12.7. The SMILES string of the molecule is NC1CN(c2cncc(-c3cc4c(-c5nc6c(-c7ccsc7)cncc6[nH]5)n[nH]c4cn3)n2)C1. The zero-order valence-electron chi connectivity index (χ0n) is 17.8. The van der Waals surface area contributed by atoms with Gasteiger partial charge in [0, 0.05) is 36.3 Å². The van der Waals surface area contributed by atoms with Crippen LogP contribution in [0.3, 0.4) is 0 Å². The first-order chi connectivity index (χ1) is 16.7. The van der Waals surface area contributed by atoms with Gasteiger partial charge in [-0.25, -0.2) is 9.97 Å². The summed E-state index contributed by atoms with van der Waals surface area (Å²) in [5, 5.41) is 12.6. The van der Waals surface area contributed by atoms with Crippen molar-refractivity contribution in [1.29, 1.82) is 0 Å².